The second kappa shape index (κ2) is 19.1. The van der Waals surface area contributed by atoms with Crippen LogP contribution in [0.2, 0.25) is 0 Å². The fourth-order valence-corrected chi connectivity index (χ4v) is 12.0. The predicted molar refractivity (Wildman–Crippen MR) is 268 cm³/mol. The van der Waals surface area contributed by atoms with Gasteiger partial charge in [-0.3, -0.25) is 48.3 Å². The van der Waals surface area contributed by atoms with E-state index in [0.29, 0.717) is 83.9 Å². The molecule has 7 heterocycles. The molecule has 19 nitrogen and oxygen atoms in total. The van der Waals surface area contributed by atoms with Gasteiger partial charge < -0.3 is 20.3 Å². The SMILES string of the molecule is C[C@H](Oc1cc(-c2nn(C)c3c(-c4cnn(C5CCN(C(=O)[C@H]6C[C@@H]6C6CCN(c7cccc8c7C(=O)N(C7CCC(=O)NC7=O)C8=O)CC6)CC5)c4)cnc(N)c23)ccc1NS(=O)(=O)C(F)F)c1ccc(F)cc1. The number of alkyl halides is 2. The van der Waals surface area contributed by atoms with Crippen LogP contribution >= 0.6 is 0 Å². The largest absolute Gasteiger partial charge is 0.484 e. The van der Waals surface area contributed by atoms with Gasteiger partial charge in [0.15, 0.2) is 0 Å². The number of nitrogens with two attached hydrogens (primary N) is 1. The molecular formula is C52H52F3N11O8S. The number of hydrogen-bond donors (Lipinski definition) is 3. The first-order valence-corrected chi connectivity index (χ1v) is 26.4. The Balaban J connectivity index is 0.732. The maximum absolute atomic E-state index is 13.9. The van der Waals surface area contributed by atoms with Crippen LogP contribution in [0, 0.1) is 23.6 Å². The Bertz CT molecular complexity index is 3430. The zero-order valence-electron chi connectivity index (χ0n) is 40.8. The topological polar surface area (TPSA) is 237 Å². The second-order valence-electron chi connectivity index (χ2n) is 19.9. The molecule has 3 aromatic carbocycles. The Morgan fingerprint density at radius 2 is 1.65 bits per heavy atom. The number of nitrogen functional groups attached to an aromatic ring is 1. The molecule has 23 heteroatoms. The summed E-state index contributed by atoms with van der Waals surface area (Å²) in [5.41, 5.74) is 10.9. The molecule has 1 saturated carbocycles. The quantitative estimate of drug-likeness (QED) is 0.106. The van der Waals surface area contributed by atoms with Crippen LogP contribution in [0.25, 0.3) is 33.3 Å². The van der Waals surface area contributed by atoms with Crippen LogP contribution in [0.5, 0.6) is 5.75 Å². The van der Waals surface area contributed by atoms with Crippen LogP contribution < -0.4 is 25.4 Å². The summed E-state index contributed by atoms with van der Waals surface area (Å²) in [6, 6.07) is 13.9. The van der Waals surface area contributed by atoms with Gasteiger partial charge in [-0.15, -0.1) is 0 Å². The number of halogens is 3. The highest BCUT2D eigenvalue weighted by molar-refractivity contribution is 7.93. The summed E-state index contributed by atoms with van der Waals surface area (Å²) >= 11 is 0. The van der Waals surface area contributed by atoms with E-state index in [4.69, 9.17) is 20.7 Å². The maximum atomic E-state index is 13.9. The van der Waals surface area contributed by atoms with Crippen LogP contribution in [-0.4, -0.2) is 110 Å². The standard InChI is InChI=1S/C52H52F3N11O8S/c1-27(28-6-9-32(53)10-7-28)74-41-22-30(8-11-38(41)61-75(72,73)52(54)55)45-44-46(62(2)60-45)37(25-57-47(44)56)31-24-58-65(26-31)33-16-20-64(21-17-33)49(69)36-23-35(36)29-14-18-63(19-15-29)39-5-3-4-34-43(39)51(71)66(50(34)70)40-12-13-42(67)59-48(40)68/h3-11,22,24-27,29,33,35-36,40,52,61H,12-21,23H2,1-2H3,(H2,56,57)(H,59,67,68)/t27-,35+,36-,40?/m0/s1. The molecule has 1 unspecified atom stereocenters. The third-order valence-corrected chi connectivity index (χ3v) is 16.4. The van der Waals surface area contributed by atoms with E-state index in [-0.39, 0.29) is 65.0 Å². The van der Waals surface area contributed by atoms with Gasteiger partial charge in [-0.2, -0.15) is 19.0 Å². The lowest BCUT2D eigenvalue weighted by molar-refractivity contribution is -0.136. The summed E-state index contributed by atoms with van der Waals surface area (Å²) in [7, 11) is -3.34. The Morgan fingerprint density at radius 3 is 2.37 bits per heavy atom. The van der Waals surface area contributed by atoms with Crippen molar-refractivity contribution in [2.24, 2.45) is 24.8 Å². The number of hydrogen-bond acceptors (Lipinski definition) is 13. The highest BCUT2D eigenvalue weighted by atomic mass is 32.2. The molecule has 3 aromatic heterocycles. The Morgan fingerprint density at radius 1 is 0.907 bits per heavy atom. The van der Waals surface area contributed by atoms with E-state index in [1.807, 2.05) is 26.6 Å². The molecule has 4 N–H and O–H groups in total. The van der Waals surface area contributed by atoms with Crippen molar-refractivity contribution in [3.05, 3.63) is 102 Å². The van der Waals surface area contributed by atoms with Crippen molar-refractivity contribution in [2.75, 3.05) is 41.5 Å². The number of piperidine rings is 3. The first-order chi connectivity index (χ1) is 35.9. The van der Waals surface area contributed by atoms with Gasteiger partial charge in [0.2, 0.25) is 17.7 Å². The van der Waals surface area contributed by atoms with Gasteiger partial charge in [0.1, 0.15) is 35.2 Å². The van der Waals surface area contributed by atoms with Gasteiger partial charge >= 0.3 is 5.76 Å². The molecule has 6 aromatic rings. The van der Waals surface area contributed by atoms with Crippen LogP contribution in [-0.2, 0) is 31.5 Å². The number of fused-ring (bicyclic) bond motifs is 2. The average molecular weight is 1050 g/mol. The number of likely N-dealkylation sites (tertiary alicyclic amines) is 1. The summed E-state index contributed by atoms with van der Waals surface area (Å²) in [6.45, 7) is 4.12. The first-order valence-electron chi connectivity index (χ1n) is 24.9. The number of benzene rings is 3. The third kappa shape index (κ3) is 9.09. The van der Waals surface area contributed by atoms with E-state index >= 15 is 0 Å². The molecule has 5 amide bonds. The Labute approximate surface area is 428 Å². The number of ether oxygens (including phenoxy) is 1. The molecule has 0 spiro atoms. The van der Waals surface area contributed by atoms with E-state index in [1.54, 1.807) is 43.2 Å². The lowest BCUT2D eigenvalue weighted by Gasteiger charge is -2.35. The van der Waals surface area contributed by atoms with Crippen molar-refractivity contribution < 1.29 is 50.3 Å². The first kappa shape index (κ1) is 49.4. The number of nitrogens with one attached hydrogen (secondary N) is 2. The predicted octanol–water partition coefficient (Wildman–Crippen LogP) is 6.44. The smallest absolute Gasteiger partial charge is 0.355 e. The molecule has 4 aliphatic heterocycles. The van der Waals surface area contributed by atoms with Crippen LogP contribution in [0.4, 0.5) is 30.4 Å². The number of anilines is 3. The van der Waals surface area contributed by atoms with Crippen LogP contribution in [0.15, 0.2) is 79.3 Å². The number of imide groups is 2. The molecule has 3 saturated heterocycles. The second-order valence-corrected chi connectivity index (χ2v) is 21.6. The molecule has 0 bridgehead atoms. The molecule has 0 radical (unpaired) electrons. The van der Waals surface area contributed by atoms with Crippen LogP contribution in [0.3, 0.4) is 0 Å². The number of aromatic nitrogens is 5. The highest BCUT2D eigenvalue weighted by Crippen LogP contribution is 2.50. The number of carbonyl (C=O) groups is 5. The average Bonchev–Trinajstić information content (AvgIpc) is 3.82. The molecule has 75 heavy (non-hydrogen) atoms. The van der Waals surface area contributed by atoms with E-state index in [0.717, 1.165) is 29.7 Å². The van der Waals surface area contributed by atoms with Crippen molar-refractivity contribution in [1.29, 1.82) is 0 Å². The number of sulfonamides is 1. The molecule has 5 aliphatic rings. The lowest BCUT2D eigenvalue weighted by atomic mass is 9.90. The molecular weight excluding hydrogens is 996 g/mol. The van der Waals surface area contributed by atoms with Gasteiger partial charge in [0.05, 0.1) is 45.6 Å². The highest BCUT2D eigenvalue weighted by Gasteiger charge is 2.51. The van der Waals surface area contributed by atoms with E-state index in [9.17, 15) is 45.6 Å². The fraction of sp³-hybridized carbons (Fsp3) is 0.385. The zero-order valence-corrected chi connectivity index (χ0v) is 41.6. The fourth-order valence-electron chi connectivity index (χ4n) is 11.4. The lowest BCUT2D eigenvalue weighted by Crippen LogP contribution is -2.54. The Kier molecular flexibility index (Phi) is 12.6. The molecule has 4 atom stereocenters. The van der Waals surface area contributed by atoms with Crippen molar-refractivity contribution in [3.8, 4) is 28.1 Å². The van der Waals surface area contributed by atoms with Gasteiger partial charge in [0.25, 0.3) is 21.8 Å². The van der Waals surface area contributed by atoms with Crippen molar-refractivity contribution >= 4 is 67.7 Å². The minimum atomic E-state index is -5.08. The Hall–Kier alpha value is -7.82. The minimum Gasteiger partial charge on any atom is -0.484 e. The molecule has 4 fully saturated rings. The molecule has 1 aliphatic carbocycles. The van der Waals surface area contributed by atoms with E-state index in [1.165, 1.54) is 42.5 Å². The van der Waals surface area contributed by atoms with Crippen molar-refractivity contribution in [1.82, 2.24) is 39.7 Å². The zero-order chi connectivity index (χ0) is 52.6. The van der Waals surface area contributed by atoms with Gasteiger partial charge in [-0.1, -0.05) is 24.3 Å². The molecule has 390 valence electrons. The number of pyridine rings is 1. The van der Waals surface area contributed by atoms with Crippen molar-refractivity contribution in [3.63, 3.8) is 0 Å². The van der Waals surface area contributed by atoms with E-state index < -0.39 is 57.4 Å². The number of amides is 5. The van der Waals surface area contributed by atoms with E-state index in [2.05, 4.69) is 15.2 Å². The summed E-state index contributed by atoms with van der Waals surface area (Å²) in [5.74, 6) is -5.49. The molecule has 11 rings (SSSR count). The van der Waals surface area contributed by atoms with Crippen molar-refractivity contribution in [2.45, 2.75) is 75.8 Å². The summed E-state index contributed by atoms with van der Waals surface area (Å²) in [4.78, 5) is 75.1. The minimum absolute atomic E-state index is 0.0240. The third-order valence-electron chi connectivity index (χ3n) is 15.4. The van der Waals surface area contributed by atoms with Crippen LogP contribution in [0.1, 0.15) is 90.3 Å². The number of rotatable bonds is 13. The number of carbonyl (C=O) groups excluding carboxylic acids is 5. The monoisotopic (exact) mass is 1050 g/mol. The summed E-state index contributed by atoms with van der Waals surface area (Å²) < 4.78 is 76.9. The normalized spacial score (nSPS) is 21.0. The number of aryl methyl sites for hydroxylation is 1. The van der Waals surface area contributed by atoms with Gasteiger partial charge in [0, 0.05) is 74.6 Å². The summed E-state index contributed by atoms with van der Waals surface area (Å²) in [6.07, 6.45) is 8.58. The number of nitrogens with zero attached hydrogens (tertiary/aromatic N) is 8. The van der Waals surface area contributed by atoms with Gasteiger partial charge in [-0.05, 0) is 99.2 Å². The maximum Gasteiger partial charge on any atom is 0.355 e. The van der Waals surface area contributed by atoms with Gasteiger partial charge in [-0.25, -0.2) is 17.8 Å². The summed E-state index contributed by atoms with van der Waals surface area (Å²) in [5, 5.41) is 12.3.